The first-order chi connectivity index (χ1) is 11.6. The van der Waals surface area contributed by atoms with E-state index < -0.39 is 5.97 Å². The third kappa shape index (κ3) is 3.08. The van der Waals surface area contributed by atoms with Gasteiger partial charge in [-0.1, -0.05) is 30.3 Å². The zero-order chi connectivity index (χ0) is 17.1. The number of ether oxygens (including phenoxy) is 2. The Hall–Kier alpha value is -2.51. The van der Waals surface area contributed by atoms with Gasteiger partial charge in [0.05, 0.1) is 5.39 Å². The van der Waals surface area contributed by atoms with Crippen LogP contribution in [0, 0.1) is 6.92 Å². The molecule has 0 N–H and O–H groups in total. The number of nitrogens with zero attached hydrogens (tertiary/aromatic N) is 2. The van der Waals surface area contributed by atoms with Gasteiger partial charge in [-0.25, -0.2) is 9.78 Å². The van der Waals surface area contributed by atoms with Crippen LogP contribution in [0.3, 0.4) is 0 Å². The van der Waals surface area contributed by atoms with Gasteiger partial charge in [0, 0.05) is 7.11 Å². The first-order valence-electron chi connectivity index (χ1n) is 7.30. The van der Waals surface area contributed by atoms with Gasteiger partial charge in [-0.15, -0.1) is 11.3 Å². The van der Waals surface area contributed by atoms with Gasteiger partial charge < -0.3 is 9.47 Å². The van der Waals surface area contributed by atoms with E-state index in [0.717, 1.165) is 5.56 Å². The number of hydrogen-bond donors (Lipinski definition) is 0. The van der Waals surface area contributed by atoms with E-state index in [9.17, 15) is 9.59 Å². The first-order valence-corrected chi connectivity index (χ1v) is 8.12. The molecular weight excluding hydrogens is 328 g/mol. The first kappa shape index (κ1) is 16.4. The van der Waals surface area contributed by atoms with Gasteiger partial charge in [0.1, 0.15) is 29.4 Å². The Morgan fingerprint density at radius 1 is 1.29 bits per heavy atom. The number of hydrogen-bond acceptors (Lipinski definition) is 6. The second kappa shape index (κ2) is 6.94. The molecule has 0 aliphatic heterocycles. The number of fused-ring (bicyclic) bond motifs is 1. The molecule has 2 heterocycles. The number of rotatable bonds is 5. The van der Waals surface area contributed by atoms with Crippen LogP contribution in [0.25, 0.3) is 10.2 Å². The van der Waals surface area contributed by atoms with Crippen molar-refractivity contribution >= 4 is 27.5 Å². The van der Waals surface area contributed by atoms with Crippen LogP contribution in [-0.4, -0.2) is 22.6 Å². The summed E-state index contributed by atoms with van der Waals surface area (Å²) in [6, 6.07) is 9.44. The zero-order valence-electron chi connectivity index (χ0n) is 13.3. The van der Waals surface area contributed by atoms with Crippen molar-refractivity contribution in [1.29, 1.82) is 0 Å². The molecule has 24 heavy (non-hydrogen) atoms. The summed E-state index contributed by atoms with van der Waals surface area (Å²) >= 11 is 1.17. The molecule has 0 radical (unpaired) electrons. The predicted octanol–water partition coefficient (Wildman–Crippen LogP) is 2.73. The number of benzene rings is 1. The molecule has 0 saturated heterocycles. The third-order valence-corrected chi connectivity index (χ3v) is 4.76. The van der Waals surface area contributed by atoms with Crippen LogP contribution in [-0.2, 0) is 22.8 Å². The quantitative estimate of drug-likeness (QED) is 0.666. The number of aryl methyl sites for hydroxylation is 1. The average Bonchev–Trinajstić information content (AvgIpc) is 2.94. The monoisotopic (exact) mass is 344 g/mol. The minimum Gasteiger partial charge on any atom is -0.457 e. The Morgan fingerprint density at radius 2 is 2.04 bits per heavy atom. The largest absolute Gasteiger partial charge is 0.457 e. The summed E-state index contributed by atoms with van der Waals surface area (Å²) in [5.74, 6) is -0.447. The van der Waals surface area contributed by atoms with E-state index in [-0.39, 0.29) is 18.9 Å². The van der Waals surface area contributed by atoms with Crippen molar-refractivity contribution in [2.75, 3.05) is 7.11 Å². The van der Waals surface area contributed by atoms with Gasteiger partial charge in [-0.05, 0) is 18.1 Å². The number of carbonyl (C=O) groups excluding carboxylic acids is 1. The molecule has 3 aromatic rings. The Labute approximate surface area is 142 Å². The van der Waals surface area contributed by atoms with E-state index >= 15 is 0 Å². The summed E-state index contributed by atoms with van der Waals surface area (Å²) in [5, 5.41) is 0.436. The smallest absolute Gasteiger partial charge is 0.349 e. The van der Waals surface area contributed by atoms with Crippen molar-refractivity contribution < 1.29 is 14.3 Å². The molecule has 2 aromatic heterocycles. The fraction of sp³-hybridized carbons (Fsp3) is 0.235. The van der Waals surface area contributed by atoms with E-state index in [4.69, 9.17) is 9.47 Å². The minimum absolute atomic E-state index is 0.116. The Bertz CT molecular complexity index is 931. The fourth-order valence-corrected chi connectivity index (χ4v) is 3.41. The average molecular weight is 344 g/mol. The van der Waals surface area contributed by atoms with Gasteiger partial charge >= 0.3 is 5.97 Å². The van der Waals surface area contributed by atoms with Crippen LogP contribution in [0.5, 0.6) is 0 Å². The van der Waals surface area contributed by atoms with E-state index in [1.54, 1.807) is 6.92 Å². The molecular formula is C17H16N2O4S. The molecule has 0 atom stereocenters. The van der Waals surface area contributed by atoms with Gasteiger partial charge in [0.15, 0.2) is 0 Å². The molecule has 0 aliphatic rings. The Balaban J connectivity index is 1.89. The van der Waals surface area contributed by atoms with Crippen molar-refractivity contribution in [2.45, 2.75) is 20.3 Å². The van der Waals surface area contributed by atoms with Crippen molar-refractivity contribution in [1.82, 2.24) is 9.55 Å². The lowest BCUT2D eigenvalue weighted by Gasteiger charge is -2.04. The molecule has 1 aromatic carbocycles. The van der Waals surface area contributed by atoms with Crippen LogP contribution in [0.15, 0.2) is 41.5 Å². The maximum Gasteiger partial charge on any atom is 0.349 e. The molecule has 0 bridgehead atoms. The van der Waals surface area contributed by atoms with Gasteiger partial charge in [-0.2, -0.15) is 0 Å². The summed E-state index contributed by atoms with van der Waals surface area (Å²) in [4.78, 5) is 30.0. The molecule has 0 aliphatic carbocycles. The molecule has 7 heteroatoms. The van der Waals surface area contributed by atoms with Crippen molar-refractivity contribution in [3.63, 3.8) is 0 Å². The summed E-state index contributed by atoms with van der Waals surface area (Å²) < 4.78 is 11.7. The second-order valence-electron chi connectivity index (χ2n) is 5.24. The number of aromatic nitrogens is 2. The van der Waals surface area contributed by atoms with Gasteiger partial charge in [-0.3, -0.25) is 9.36 Å². The van der Waals surface area contributed by atoms with E-state index in [1.807, 2.05) is 30.3 Å². The number of methoxy groups -OCH3 is 1. The molecule has 0 amide bonds. The molecule has 0 unspecified atom stereocenters. The van der Waals surface area contributed by atoms with E-state index in [0.29, 0.717) is 20.7 Å². The normalized spacial score (nSPS) is 10.9. The van der Waals surface area contributed by atoms with Crippen LogP contribution in [0.4, 0.5) is 0 Å². The highest BCUT2D eigenvalue weighted by molar-refractivity contribution is 7.20. The highest BCUT2D eigenvalue weighted by atomic mass is 32.1. The van der Waals surface area contributed by atoms with Crippen molar-refractivity contribution in [3.05, 3.63) is 63.0 Å². The number of carbonyl (C=O) groups is 1. The molecule has 0 fully saturated rings. The number of esters is 1. The SMILES string of the molecule is COCn1cnc2sc(C(=O)OCc3ccccc3)c(C)c2c1=O. The fourth-order valence-electron chi connectivity index (χ4n) is 2.37. The van der Waals surface area contributed by atoms with Crippen LogP contribution >= 0.6 is 11.3 Å². The Morgan fingerprint density at radius 3 is 2.75 bits per heavy atom. The van der Waals surface area contributed by atoms with Crippen LogP contribution in [0.2, 0.25) is 0 Å². The standard InChI is InChI=1S/C17H16N2O4S/c1-11-13-15(18-9-19(10-22-2)16(13)20)24-14(11)17(21)23-8-12-6-4-3-5-7-12/h3-7,9H,8,10H2,1-2H3. The van der Waals surface area contributed by atoms with Crippen molar-refractivity contribution in [3.8, 4) is 0 Å². The molecule has 0 saturated carbocycles. The molecule has 6 nitrogen and oxygen atoms in total. The molecule has 3 rings (SSSR count). The highest BCUT2D eigenvalue weighted by Crippen LogP contribution is 2.27. The number of thiophene rings is 1. The maximum absolute atomic E-state index is 12.5. The van der Waals surface area contributed by atoms with Crippen LogP contribution < -0.4 is 5.56 Å². The van der Waals surface area contributed by atoms with Gasteiger partial charge in [0.25, 0.3) is 5.56 Å². The predicted molar refractivity (Wildman–Crippen MR) is 91.2 cm³/mol. The molecule has 124 valence electrons. The van der Waals surface area contributed by atoms with E-state index in [2.05, 4.69) is 4.98 Å². The third-order valence-electron chi connectivity index (χ3n) is 3.58. The minimum atomic E-state index is -0.447. The second-order valence-corrected chi connectivity index (χ2v) is 6.23. The molecule has 0 spiro atoms. The maximum atomic E-state index is 12.5. The van der Waals surface area contributed by atoms with Crippen LogP contribution in [0.1, 0.15) is 20.8 Å². The summed E-state index contributed by atoms with van der Waals surface area (Å²) in [5.41, 5.74) is 1.28. The lowest BCUT2D eigenvalue weighted by molar-refractivity contribution is 0.0478. The summed E-state index contributed by atoms with van der Waals surface area (Å²) in [6.45, 7) is 2.04. The lowest BCUT2D eigenvalue weighted by atomic mass is 10.2. The van der Waals surface area contributed by atoms with Gasteiger partial charge in [0.2, 0.25) is 0 Å². The Kier molecular flexibility index (Phi) is 4.73. The van der Waals surface area contributed by atoms with Crippen molar-refractivity contribution in [2.24, 2.45) is 0 Å². The highest BCUT2D eigenvalue weighted by Gasteiger charge is 2.20. The zero-order valence-corrected chi connectivity index (χ0v) is 14.1. The lowest BCUT2D eigenvalue weighted by Crippen LogP contribution is -2.21. The summed E-state index contributed by atoms with van der Waals surface area (Å²) in [7, 11) is 1.50. The topological polar surface area (TPSA) is 70.4 Å². The summed E-state index contributed by atoms with van der Waals surface area (Å²) in [6.07, 6.45) is 1.42. The van der Waals surface area contributed by atoms with E-state index in [1.165, 1.54) is 29.3 Å².